The SMILES string of the molecule is CC(C)(C)c1cc2c(OCCCN)c(c1)Cc1cc(C(C)(C)C)cc(c1OCCCN)Cc1cc(C(C)(C)C)cc(c1OCCCN)Cc1cc(C(C)(C)C)cc(c1OCCCN)Cc1cc(C(C)(C)C)cc(c1OCCCN)Cc1cc(C(C)(C)C)cc(c1OCCCN)Cc1cc(C(C)(C)C)cc(c1OCCCN)Cc1cc(C(C)(C)C)cc(c1OCCCN)C2. The molecule has 1 aliphatic carbocycles. The van der Waals surface area contributed by atoms with E-state index in [1.807, 2.05) is 0 Å². The molecular weight excluding hydrogens is 1590 g/mol. The van der Waals surface area contributed by atoms with Gasteiger partial charge in [-0.3, -0.25) is 0 Å². The van der Waals surface area contributed by atoms with Crippen LogP contribution in [0.4, 0.5) is 0 Å². The molecule has 8 aromatic carbocycles. The second kappa shape index (κ2) is 44.8. The Morgan fingerprint density at radius 1 is 0.156 bits per heavy atom. The normalized spacial score (nSPS) is 13.5. The van der Waals surface area contributed by atoms with E-state index in [2.05, 4.69) is 263 Å². The second-order valence-corrected chi connectivity index (χ2v) is 44.3. The molecule has 0 heterocycles. The predicted molar refractivity (Wildman–Crippen MR) is 537 cm³/mol. The van der Waals surface area contributed by atoms with Gasteiger partial charge in [-0.25, -0.2) is 0 Å². The maximum atomic E-state index is 7.41. The minimum Gasteiger partial charge on any atom is -0.493 e. The van der Waals surface area contributed by atoms with E-state index >= 15 is 0 Å². The van der Waals surface area contributed by atoms with Crippen molar-refractivity contribution in [2.45, 2.75) is 312 Å². The van der Waals surface area contributed by atoms with Gasteiger partial charge in [0.1, 0.15) is 46.0 Å². The van der Waals surface area contributed by atoms with Crippen molar-refractivity contribution in [1.82, 2.24) is 0 Å². The number of fused-ring (bicyclic) bond motifs is 16. The van der Waals surface area contributed by atoms with E-state index in [-0.39, 0.29) is 43.3 Å². The molecule has 8 aromatic rings. The number of rotatable bonds is 32. The summed E-state index contributed by atoms with van der Waals surface area (Å²) < 4.78 is 59.3. The van der Waals surface area contributed by atoms with Crippen molar-refractivity contribution in [2.24, 2.45) is 45.9 Å². The lowest BCUT2D eigenvalue weighted by molar-refractivity contribution is 0.301. The molecule has 0 amide bonds. The molecule has 0 saturated carbocycles. The van der Waals surface area contributed by atoms with Gasteiger partial charge in [0.2, 0.25) is 0 Å². The van der Waals surface area contributed by atoms with Crippen LogP contribution in [0.5, 0.6) is 46.0 Å². The summed E-state index contributed by atoms with van der Waals surface area (Å²) in [5.74, 6) is 6.62. The van der Waals surface area contributed by atoms with Crippen LogP contribution in [-0.4, -0.2) is 105 Å². The largest absolute Gasteiger partial charge is 0.493 e. The summed E-state index contributed by atoms with van der Waals surface area (Å²) in [5.41, 5.74) is 75.6. The Morgan fingerprint density at radius 3 is 0.297 bits per heavy atom. The Bertz CT molecular complexity index is 3870. The standard InChI is InChI=1S/C112H168N8O8/c1-105(2,3)89-57-73-49-75-59-90(106(4,5)6)61-77(98(75)122-42-26-34-114)51-79-63-92(108(10,11)12)65-81(100(79)124-44-28-36-116)53-83-67-94(110(16,17)18)69-85(102(83)126-46-30-38-118)55-87-71-96(112(22,23)24)72-88(104(87)128-48-32-40-120)56-86-70-95(111(19,20)21)68-84(103(86)127-47-31-39-119)54-82-66-93(109(13,14)15)64-80(101(82)125-45-29-37-117)52-78-62-91(107(7,8)9)60-76(99(78)123-43-27-35-115)50-74(58-89)97(73)121-41-25-33-113/h57-72H,25-56,113-120H2,1-24H3. The lowest BCUT2D eigenvalue weighted by Gasteiger charge is -2.29. The van der Waals surface area contributed by atoms with Crippen molar-refractivity contribution in [3.05, 3.63) is 231 Å². The van der Waals surface area contributed by atoms with E-state index in [1.165, 1.54) is 44.5 Å². The van der Waals surface area contributed by atoms with Crippen LogP contribution in [0.2, 0.25) is 0 Å². The Labute approximate surface area is 773 Å². The summed E-state index contributed by atoms with van der Waals surface area (Å²) in [6.07, 6.45) is 9.08. The minimum atomic E-state index is -0.302. The summed E-state index contributed by atoms with van der Waals surface area (Å²) >= 11 is 0. The summed E-state index contributed by atoms with van der Waals surface area (Å²) in [7, 11) is 0. The molecule has 0 aliphatic heterocycles. The Balaban J connectivity index is 1.53. The van der Waals surface area contributed by atoms with Crippen LogP contribution in [0.3, 0.4) is 0 Å². The van der Waals surface area contributed by atoms with Gasteiger partial charge in [-0.05, 0) is 281 Å². The van der Waals surface area contributed by atoms with Crippen LogP contribution in [0.1, 0.15) is 351 Å². The van der Waals surface area contributed by atoms with Gasteiger partial charge in [-0.2, -0.15) is 0 Å². The number of ether oxygens (including phenoxy) is 8. The van der Waals surface area contributed by atoms with E-state index in [9.17, 15) is 0 Å². The van der Waals surface area contributed by atoms with Crippen LogP contribution in [0, 0.1) is 0 Å². The first-order chi connectivity index (χ1) is 60.2. The molecule has 1 aliphatic rings. The number of hydrogen-bond acceptors (Lipinski definition) is 16. The van der Waals surface area contributed by atoms with Gasteiger partial charge in [0.05, 0.1) is 52.9 Å². The van der Waals surface area contributed by atoms with Crippen LogP contribution in [0.25, 0.3) is 0 Å². The van der Waals surface area contributed by atoms with Crippen molar-refractivity contribution in [3.8, 4) is 46.0 Å². The van der Waals surface area contributed by atoms with Crippen molar-refractivity contribution in [1.29, 1.82) is 0 Å². The molecule has 0 aromatic heterocycles. The highest BCUT2D eigenvalue weighted by atomic mass is 16.5. The van der Waals surface area contributed by atoms with Gasteiger partial charge in [0.15, 0.2) is 0 Å². The first-order valence-electron chi connectivity index (χ1n) is 48.1. The summed E-state index contributed by atoms with van der Waals surface area (Å²) in [4.78, 5) is 0. The minimum absolute atomic E-state index is 0.302. The van der Waals surface area contributed by atoms with Crippen LogP contribution in [-0.2, 0) is 94.7 Å². The summed E-state index contributed by atoms with van der Waals surface area (Å²) in [6.45, 7) is 62.5. The van der Waals surface area contributed by atoms with Crippen molar-refractivity contribution >= 4 is 0 Å². The van der Waals surface area contributed by atoms with E-state index in [1.54, 1.807) is 0 Å². The number of benzene rings is 8. The smallest absolute Gasteiger partial charge is 0.126 e. The molecule has 0 atom stereocenters. The molecule has 0 radical (unpaired) electrons. The topological polar surface area (TPSA) is 282 Å². The molecule has 704 valence electrons. The third-order valence-electron chi connectivity index (χ3n) is 24.7. The predicted octanol–water partition coefficient (Wildman–Crippen LogP) is 20.9. The monoisotopic (exact) mass is 1750 g/mol. The summed E-state index contributed by atoms with van der Waals surface area (Å²) in [5, 5.41) is 0. The molecule has 0 fully saturated rings. The van der Waals surface area contributed by atoms with Gasteiger partial charge in [-0.15, -0.1) is 0 Å². The quantitative estimate of drug-likeness (QED) is 0.0182. The van der Waals surface area contributed by atoms with Crippen LogP contribution in [0.15, 0.2) is 97.1 Å². The van der Waals surface area contributed by atoms with Crippen molar-refractivity contribution in [3.63, 3.8) is 0 Å². The van der Waals surface area contributed by atoms with Gasteiger partial charge in [-0.1, -0.05) is 263 Å². The second-order valence-electron chi connectivity index (χ2n) is 44.3. The van der Waals surface area contributed by atoms with Gasteiger partial charge in [0, 0.05) is 51.4 Å². The maximum absolute atomic E-state index is 7.41. The Morgan fingerprint density at radius 2 is 0.234 bits per heavy atom. The Kier molecular flexibility index (Phi) is 36.3. The molecule has 0 saturated heterocycles. The molecule has 0 spiro atoms. The van der Waals surface area contributed by atoms with Crippen LogP contribution >= 0.6 is 0 Å². The van der Waals surface area contributed by atoms with E-state index < -0.39 is 0 Å². The first-order valence-corrected chi connectivity index (χ1v) is 48.1. The highest BCUT2D eigenvalue weighted by molar-refractivity contribution is 5.64. The molecule has 16 N–H and O–H groups in total. The average molecular weight is 1750 g/mol. The molecule has 0 unspecified atom stereocenters. The zero-order chi connectivity index (χ0) is 94.1. The third kappa shape index (κ3) is 28.0. The lowest BCUT2D eigenvalue weighted by Crippen LogP contribution is -2.18. The average Bonchev–Trinajstić information content (AvgIpc) is 0.769. The summed E-state index contributed by atoms with van der Waals surface area (Å²) in [6, 6.07) is 38.3. The van der Waals surface area contributed by atoms with E-state index in [0.29, 0.717) is 208 Å². The van der Waals surface area contributed by atoms with Gasteiger partial charge < -0.3 is 83.8 Å². The molecule has 128 heavy (non-hydrogen) atoms. The molecule has 16 heteroatoms. The first kappa shape index (κ1) is 104. The third-order valence-corrected chi connectivity index (χ3v) is 24.7. The van der Waals surface area contributed by atoms with Crippen molar-refractivity contribution < 1.29 is 37.9 Å². The highest BCUT2D eigenvalue weighted by Crippen LogP contribution is 2.49. The fraction of sp³-hybridized carbons (Fsp3) is 0.571. The van der Waals surface area contributed by atoms with Gasteiger partial charge >= 0.3 is 0 Å². The zero-order valence-electron chi connectivity index (χ0n) is 83.7. The molecule has 9 rings (SSSR count). The van der Waals surface area contributed by atoms with Crippen LogP contribution < -0.4 is 83.8 Å². The lowest BCUT2D eigenvalue weighted by atomic mass is 9.79. The fourth-order valence-electron chi connectivity index (χ4n) is 16.8. The van der Waals surface area contributed by atoms with Gasteiger partial charge in [0.25, 0.3) is 0 Å². The number of nitrogens with two attached hydrogens (primary N) is 8. The highest BCUT2D eigenvalue weighted by Gasteiger charge is 2.34. The zero-order valence-corrected chi connectivity index (χ0v) is 83.7. The Hall–Kier alpha value is -8.16. The fourth-order valence-corrected chi connectivity index (χ4v) is 16.8. The number of hydrogen-bond donors (Lipinski definition) is 8. The molecule has 16 bridgehead atoms. The van der Waals surface area contributed by atoms with Crippen molar-refractivity contribution in [2.75, 3.05) is 105 Å². The maximum Gasteiger partial charge on any atom is 0.126 e. The molecule has 16 nitrogen and oxygen atoms in total. The van der Waals surface area contributed by atoms with E-state index in [4.69, 9.17) is 83.8 Å². The van der Waals surface area contributed by atoms with E-state index in [0.717, 1.165) is 135 Å². The molecular formula is C112H168N8O8.